The van der Waals surface area contributed by atoms with Gasteiger partial charge in [-0.2, -0.15) is 5.10 Å². The second kappa shape index (κ2) is 5.40. The molecule has 3 rings (SSSR count). The van der Waals surface area contributed by atoms with Gasteiger partial charge in [0, 0.05) is 30.1 Å². The highest BCUT2D eigenvalue weighted by Crippen LogP contribution is 2.25. The molecular weight excluding hydrogens is 260 g/mol. The van der Waals surface area contributed by atoms with E-state index in [0.29, 0.717) is 0 Å². The normalized spacial score (nSPS) is 10.8. The number of nitrogen functional groups attached to an aromatic ring is 1. The molecule has 1 aromatic heterocycles. The zero-order valence-electron chi connectivity index (χ0n) is 12.2. The summed E-state index contributed by atoms with van der Waals surface area (Å²) in [6.45, 7) is 2.75. The lowest BCUT2D eigenvalue weighted by Crippen LogP contribution is -2.18. The van der Waals surface area contributed by atoms with Crippen molar-refractivity contribution >= 4 is 22.3 Å². The maximum Gasteiger partial charge on any atom is 0.159 e. The summed E-state index contributed by atoms with van der Waals surface area (Å²) in [6.07, 6.45) is 0. The minimum Gasteiger partial charge on any atom is -0.399 e. The molecule has 0 unspecified atom stereocenters. The molecule has 0 saturated carbocycles. The molecular formula is C17H18N4. The maximum absolute atomic E-state index is 5.72. The van der Waals surface area contributed by atoms with E-state index < -0.39 is 0 Å². The number of fused-ring (bicyclic) bond motifs is 1. The van der Waals surface area contributed by atoms with E-state index in [1.807, 2.05) is 50.4 Å². The highest BCUT2D eigenvalue weighted by atomic mass is 15.2. The van der Waals surface area contributed by atoms with E-state index >= 15 is 0 Å². The monoisotopic (exact) mass is 278 g/mol. The lowest BCUT2D eigenvalue weighted by atomic mass is 10.1. The molecule has 0 radical (unpaired) electrons. The zero-order valence-corrected chi connectivity index (χ0v) is 12.2. The Morgan fingerprint density at radius 3 is 2.33 bits per heavy atom. The summed E-state index contributed by atoms with van der Waals surface area (Å²) in [6, 6.07) is 16.1. The average molecular weight is 278 g/mol. The average Bonchev–Trinajstić information content (AvgIpc) is 2.50. The van der Waals surface area contributed by atoms with Crippen LogP contribution in [0.4, 0.5) is 11.5 Å². The van der Waals surface area contributed by atoms with E-state index in [-0.39, 0.29) is 0 Å². The molecule has 0 amide bonds. The summed E-state index contributed by atoms with van der Waals surface area (Å²) in [7, 11) is 2.03. The van der Waals surface area contributed by atoms with Crippen LogP contribution in [0.25, 0.3) is 10.8 Å². The van der Waals surface area contributed by atoms with Crippen molar-refractivity contribution < 1.29 is 0 Å². The Bertz CT molecular complexity index is 765. The van der Waals surface area contributed by atoms with Crippen LogP contribution in [0.1, 0.15) is 11.3 Å². The summed E-state index contributed by atoms with van der Waals surface area (Å²) in [5, 5.41) is 10.9. The van der Waals surface area contributed by atoms with Crippen LogP contribution in [-0.2, 0) is 6.54 Å². The van der Waals surface area contributed by atoms with Gasteiger partial charge in [-0.3, -0.25) is 0 Å². The number of aromatic nitrogens is 2. The molecule has 3 aromatic rings. The van der Waals surface area contributed by atoms with Gasteiger partial charge in [-0.25, -0.2) is 0 Å². The van der Waals surface area contributed by atoms with Crippen molar-refractivity contribution in [1.82, 2.24) is 10.2 Å². The quantitative estimate of drug-likeness (QED) is 0.748. The fraction of sp³-hybridized carbons (Fsp3) is 0.176. The molecule has 0 aliphatic carbocycles. The Morgan fingerprint density at radius 1 is 0.952 bits per heavy atom. The van der Waals surface area contributed by atoms with E-state index in [1.165, 1.54) is 5.56 Å². The molecule has 106 valence electrons. The van der Waals surface area contributed by atoms with E-state index in [1.54, 1.807) is 0 Å². The minimum absolute atomic E-state index is 0.766. The number of nitrogens with two attached hydrogens (primary N) is 1. The van der Waals surface area contributed by atoms with Crippen molar-refractivity contribution in [2.24, 2.45) is 0 Å². The molecule has 0 atom stereocenters. The number of hydrogen-bond acceptors (Lipinski definition) is 4. The van der Waals surface area contributed by atoms with Gasteiger partial charge in [0.05, 0.1) is 5.69 Å². The molecule has 0 fully saturated rings. The first-order valence-corrected chi connectivity index (χ1v) is 6.93. The molecule has 4 heteroatoms. The van der Waals surface area contributed by atoms with Crippen LogP contribution >= 0.6 is 0 Å². The van der Waals surface area contributed by atoms with E-state index in [2.05, 4.69) is 27.2 Å². The fourth-order valence-corrected chi connectivity index (χ4v) is 2.48. The number of hydrogen-bond donors (Lipinski definition) is 1. The van der Waals surface area contributed by atoms with Crippen LogP contribution in [0.3, 0.4) is 0 Å². The molecule has 0 aliphatic heterocycles. The van der Waals surface area contributed by atoms with Gasteiger partial charge in [-0.05, 0) is 24.6 Å². The molecule has 0 aliphatic rings. The number of anilines is 2. The second-order valence-corrected chi connectivity index (χ2v) is 5.25. The Hall–Kier alpha value is -2.62. The number of aryl methyl sites for hydroxylation is 1. The summed E-state index contributed by atoms with van der Waals surface area (Å²) < 4.78 is 0. The van der Waals surface area contributed by atoms with Crippen LogP contribution in [-0.4, -0.2) is 17.2 Å². The lowest BCUT2D eigenvalue weighted by molar-refractivity contribution is 0.868. The Morgan fingerprint density at radius 2 is 1.62 bits per heavy atom. The first kappa shape index (κ1) is 13.4. The van der Waals surface area contributed by atoms with Gasteiger partial charge in [-0.1, -0.05) is 36.4 Å². The van der Waals surface area contributed by atoms with Crippen molar-refractivity contribution in [3.8, 4) is 0 Å². The fourth-order valence-electron chi connectivity index (χ4n) is 2.48. The van der Waals surface area contributed by atoms with Crippen molar-refractivity contribution in [1.29, 1.82) is 0 Å². The van der Waals surface area contributed by atoms with Gasteiger partial charge >= 0.3 is 0 Å². The number of benzene rings is 2. The molecule has 2 N–H and O–H groups in total. The third kappa shape index (κ3) is 2.65. The van der Waals surface area contributed by atoms with Crippen molar-refractivity contribution in [3.63, 3.8) is 0 Å². The van der Waals surface area contributed by atoms with Gasteiger partial charge in [0.1, 0.15) is 0 Å². The van der Waals surface area contributed by atoms with Crippen LogP contribution in [0.5, 0.6) is 0 Å². The third-order valence-electron chi connectivity index (χ3n) is 3.61. The van der Waals surface area contributed by atoms with Gasteiger partial charge in [0.2, 0.25) is 0 Å². The van der Waals surface area contributed by atoms with Crippen molar-refractivity contribution in [2.75, 3.05) is 17.7 Å². The number of nitrogens with zero attached hydrogens (tertiary/aromatic N) is 3. The maximum atomic E-state index is 5.72. The van der Waals surface area contributed by atoms with Crippen LogP contribution in [0.15, 0.2) is 48.5 Å². The third-order valence-corrected chi connectivity index (χ3v) is 3.61. The van der Waals surface area contributed by atoms with Gasteiger partial charge in [0.15, 0.2) is 5.82 Å². The topological polar surface area (TPSA) is 55.0 Å². The molecule has 1 heterocycles. The first-order chi connectivity index (χ1) is 10.1. The highest BCUT2D eigenvalue weighted by Gasteiger charge is 2.10. The summed E-state index contributed by atoms with van der Waals surface area (Å²) in [4.78, 5) is 2.11. The van der Waals surface area contributed by atoms with Gasteiger partial charge < -0.3 is 10.6 Å². The molecule has 2 aromatic carbocycles. The second-order valence-electron chi connectivity index (χ2n) is 5.25. The smallest absolute Gasteiger partial charge is 0.159 e. The predicted octanol–water partition coefficient (Wildman–Crippen LogP) is 3.16. The van der Waals surface area contributed by atoms with Crippen LogP contribution in [0, 0.1) is 6.92 Å². The first-order valence-electron chi connectivity index (χ1n) is 6.93. The Labute approximate surface area is 124 Å². The summed E-state index contributed by atoms with van der Waals surface area (Å²) >= 11 is 0. The summed E-state index contributed by atoms with van der Waals surface area (Å²) in [5.41, 5.74) is 8.65. The highest BCUT2D eigenvalue weighted by molar-refractivity contribution is 5.93. The Balaban J connectivity index is 1.96. The van der Waals surface area contributed by atoms with Gasteiger partial charge in [0.25, 0.3) is 0 Å². The van der Waals surface area contributed by atoms with Crippen LogP contribution < -0.4 is 10.6 Å². The molecule has 4 nitrogen and oxygen atoms in total. The number of rotatable bonds is 3. The van der Waals surface area contributed by atoms with E-state index in [9.17, 15) is 0 Å². The van der Waals surface area contributed by atoms with E-state index in [0.717, 1.165) is 34.5 Å². The van der Waals surface area contributed by atoms with Crippen molar-refractivity contribution in [3.05, 3.63) is 59.8 Å². The van der Waals surface area contributed by atoms with Crippen molar-refractivity contribution in [2.45, 2.75) is 13.5 Å². The molecule has 0 saturated heterocycles. The SMILES string of the molecule is Cc1nnc(N(C)Cc2ccc(N)cc2)c2ccccc12. The molecule has 0 bridgehead atoms. The molecule has 21 heavy (non-hydrogen) atoms. The van der Waals surface area contributed by atoms with Gasteiger partial charge in [-0.15, -0.1) is 5.10 Å². The van der Waals surface area contributed by atoms with Crippen LogP contribution in [0.2, 0.25) is 0 Å². The van der Waals surface area contributed by atoms with E-state index in [4.69, 9.17) is 5.73 Å². The largest absolute Gasteiger partial charge is 0.399 e. The molecule has 0 spiro atoms. The lowest BCUT2D eigenvalue weighted by Gasteiger charge is -2.20. The zero-order chi connectivity index (χ0) is 14.8. The standard InChI is InChI=1S/C17H18N4/c1-12-15-5-3-4-6-16(15)17(20-19-12)21(2)11-13-7-9-14(18)10-8-13/h3-10H,11,18H2,1-2H3. The predicted molar refractivity (Wildman–Crippen MR) is 87.2 cm³/mol. The Kier molecular flexibility index (Phi) is 3.44. The minimum atomic E-state index is 0.766. The summed E-state index contributed by atoms with van der Waals surface area (Å²) in [5.74, 6) is 0.896.